The lowest BCUT2D eigenvalue weighted by molar-refractivity contribution is 0.106. The molecular formula is C17H17ClF2IN3O2. The molecule has 0 fully saturated rings. The first-order valence-electron chi connectivity index (χ1n) is 8.21. The number of hydrogen-bond donors (Lipinski definition) is 1. The van der Waals surface area contributed by atoms with Gasteiger partial charge in [0.05, 0.1) is 11.7 Å². The van der Waals surface area contributed by atoms with Gasteiger partial charge in [0, 0.05) is 19.5 Å². The molecule has 0 bridgehead atoms. The van der Waals surface area contributed by atoms with Crippen molar-refractivity contribution in [3.05, 3.63) is 49.6 Å². The van der Waals surface area contributed by atoms with Gasteiger partial charge in [0.1, 0.15) is 26.2 Å². The van der Waals surface area contributed by atoms with Gasteiger partial charge in [-0.2, -0.15) is 0 Å². The van der Waals surface area contributed by atoms with Gasteiger partial charge in [0.2, 0.25) is 0 Å². The fourth-order valence-corrected chi connectivity index (χ4v) is 4.44. The monoisotopic (exact) mass is 495 g/mol. The highest BCUT2D eigenvalue weighted by Crippen LogP contribution is 2.34. The molecule has 1 aromatic heterocycles. The van der Waals surface area contributed by atoms with Gasteiger partial charge in [-0.25, -0.2) is 18.6 Å². The Kier molecular flexibility index (Phi) is 5.71. The molecule has 5 nitrogen and oxygen atoms in total. The summed E-state index contributed by atoms with van der Waals surface area (Å²) in [5, 5.41) is 9.04. The average Bonchev–Trinajstić information content (AvgIpc) is 2.93. The molecule has 1 aliphatic heterocycles. The van der Waals surface area contributed by atoms with Crippen molar-refractivity contribution in [1.82, 2.24) is 14.5 Å². The normalized spacial score (nSPS) is 16.7. The van der Waals surface area contributed by atoms with Crippen LogP contribution in [0, 0.1) is 15.3 Å². The number of fused-ring (bicyclic) bond motifs is 1. The van der Waals surface area contributed by atoms with Crippen LogP contribution in [0.15, 0.2) is 12.1 Å². The van der Waals surface area contributed by atoms with E-state index < -0.39 is 28.8 Å². The summed E-state index contributed by atoms with van der Waals surface area (Å²) < 4.78 is 30.2. The van der Waals surface area contributed by atoms with E-state index >= 15 is 0 Å². The summed E-state index contributed by atoms with van der Waals surface area (Å²) in [6, 6.07) is 1.97. The Morgan fingerprint density at radius 3 is 2.62 bits per heavy atom. The Morgan fingerprint density at radius 1 is 1.38 bits per heavy atom. The zero-order valence-corrected chi connectivity index (χ0v) is 16.9. The van der Waals surface area contributed by atoms with E-state index in [2.05, 4.69) is 32.1 Å². The van der Waals surface area contributed by atoms with Crippen molar-refractivity contribution < 1.29 is 18.7 Å². The maximum Gasteiger partial charge on any atom is 0.407 e. The van der Waals surface area contributed by atoms with E-state index in [0.717, 1.165) is 21.6 Å². The summed E-state index contributed by atoms with van der Waals surface area (Å²) in [5.74, 6) is -0.704. The van der Waals surface area contributed by atoms with E-state index in [1.165, 1.54) is 17.0 Å². The van der Waals surface area contributed by atoms with Crippen LogP contribution in [0.2, 0.25) is 5.02 Å². The summed E-state index contributed by atoms with van der Waals surface area (Å²) >= 11 is 7.64. The molecule has 0 radical (unpaired) electrons. The fourth-order valence-electron chi connectivity index (χ4n) is 3.41. The molecular weight excluding hydrogens is 479 g/mol. The zero-order chi connectivity index (χ0) is 19.0. The van der Waals surface area contributed by atoms with Crippen molar-refractivity contribution in [3.63, 3.8) is 0 Å². The van der Waals surface area contributed by atoms with Crippen molar-refractivity contribution in [2.24, 2.45) is 0 Å². The Morgan fingerprint density at radius 2 is 2.04 bits per heavy atom. The number of aromatic nitrogens is 2. The molecule has 3 rings (SSSR count). The lowest BCUT2D eigenvalue weighted by Crippen LogP contribution is -2.42. The molecule has 1 atom stereocenters. The third-order valence-corrected chi connectivity index (χ3v) is 5.76. The minimum atomic E-state index is -1.01. The van der Waals surface area contributed by atoms with Crippen molar-refractivity contribution >= 4 is 40.3 Å². The van der Waals surface area contributed by atoms with Crippen LogP contribution in [-0.4, -0.2) is 32.2 Å². The molecule has 1 N–H and O–H groups in total. The molecule has 1 unspecified atom stereocenters. The topological polar surface area (TPSA) is 58.4 Å². The van der Waals surface area contributed by atoms with Crippen molar-refractivity contribution in [2.45, 2.75) is 38.8 Å². The van der Waals surface area contributed by atoms with Gasteiger partial charge in [-0.05, 0) is 53.1 Å². The smallest absolute Gasteiger partial charge is 0.407 e. The van der Waals surface area contributed by atoms with Crippen LogP contribution in [0.5, 0.6) is 0 Å². The number of aryl methyl sites for hydroxylation is 2. The Labute approximate surface area is 168 Å². The highest BCUT2D eigenvalue weighted by atomic mass is 127. The van der Waals surface area contributed by atoms with Crippen molar-refractivity contribution in [1.29, 1.82) is 0 Å². The van der Waals surface area contributed by atoms with E-state index in [9.17, 15) is 18.7 Å². The van der Waals surface area contributed by atoms with Crippen LogP contribution in [0.4, 0.5) is 13.6 Å². The molecule has 1 aliphatic rings. The zero-order valence-electron chi connectivity index (χ0n) is 14.0. The second-order valence-corrected chi connectivity index (χ2v) is 7.51. The SMILES string of the molecule is CCc1nc(I)c2n1CCN(C(=O)O)C2CCc1cc(F)c(Cl)c(F)c1. The van der Waals surface area contributed by atoms with Crippen molar-refractivity contribution in [2.75, 3.05) is 6.54 Å². The summed E-state index contributed by atoms with van der Waals surface area (Å²) in [6.07, 6.45) is 0.466. The molecule has 2 heterocycles. The van der Waals surface area contributed by atoms with Gasteiger partial charge in [0.25, 0.3) is 0 Å². The van der Waals surface area contributed by atoms with Crippen LogP contribution in [0.1, 0.15) is 36.5 Å². The van der Waals surface area contributed by atoms with Crippen LogP contribution >= 0.6 is 34.2 Å². The third kappa shape index (κ3) is 3.53. The van der Waals surface area contributed by atoms with Gasteiger partial charge < -0.3 is 9.67 Å². The number of carboxylic acid groups (broad SMARTS) is 1. The molecule has 9 heteroatoms. The largest absolute Gasteiger partial charge is 0.465 e. The lowest BCUT2D eigenvalue weighted by Gasteiger charge is -2.35. The van der Waals surface area contributed by atoms with Crippen LogP contribution in [0.25, 0.3) is 0 Å². The van der Waals surface area contributed by atoms with Crippen LogP contribution < -0.4 is 0 Å². The molecule has 0 aliphatic carbocycles. The molecule has 1 amide bonds. The predicted octanol–water partition coefficient (Wildman–Crippen LogP) is 4.65. The van der Waals surface area contributed by atoms with Gasteiger partial charge in [-0.3, -0.25) is 4.90 Å². The Bertz CT molecular complexity index is 836. The molecule has 140 valence electrons. The first kappa shape index (κ1) is 19.3. The van der Waals surface area contributed by atoms with E-state index in [4.69, 9.17) is 11.6 Å². The average molecular weight is 496 g/mol. The van der Waals surface area contributed by atoms with Crippen LogP contribution in [0.3, 0.4) is 0 Å². The second kappa shape index (κ2) is 7.67. The number of hydrogen-bond acceptors (Lipinski definition) is 2. The second-order valence-electron chi connectivity index (χ2n) is 6.11. The minimum absolute atomic E-state index is 0.322. The summed E-state index contributed by atoms with van der Waals surface area (Å²) in [7, 11) is 0. The number of amides is 1. The van der Waals surface area contributed by atoms with E-state index in [0.29, 0.717) is 31.5 Å². The number of imidazole rings is 1. The third-order valence-electron chi connectivity index (χ3n) is 4.61. The Balaban J connectivity index is 1.91. The minimum Gasteiger partial charge on any atom is -0.465 e. The van der Waals surface area contributed by atoms with E-state index in [1.54, 1.807) is 0 Å². The number of carbonyl (C=O) groups is 1. The standard InChI is InChI=1S/C17H17ClF2IN3O2/c1-2-13-22-16(21)15-12(23(17(25)26)5-6-24(13)15)4-3-9-7-10(19)14(18)11(20)8-9/h7-8,12H,2-6H2,1H3,(H,25,26). The van der Waals surface area contributed by atoms with Crippen molar-refractivity contribution in [3.8, 4) is 0 Å². The maximum absolute atomic E-state index is 13.7. The van der Waals surface area contributed by atoms with Gasteiger partial charge in [-0.15, -0.1) is 0 Å². The highest BCUT2D eigenvalue weighted by molar-refractivity contribution is 14.1. The maximum atomic E-state index is 13.7. The van der Waals surface area contributed by atoms with E-state index in [-0.39, 0.29) is 0 Å². The number of rotatable bonds is 4. The molecule has 0 saturated carbocycles. The number of nitrogens with zero attached hydrogens (tertiary/aromatic N) is 3. The molecule has 2 aromatic rings. The number of halogens is 4. The van der Waals surface area contributed by atoms with Gasteiger partial charge in [-0.1, -0.05) is 18.5 Å². The predicted molar refractivity (Wildman–Crippen MR) is 101 cm³/mol. The summed E-state index contributed by atoms with van der Waals surface area (Å²) in [4.78, 5) is 17.6. The first-order valence-corrected chi connectivity index (χ1v) is 9.66. The van der Waals surface area contributed by atoms with Gasteiger partial charge >= 0.3 is 6.09 Å². The molecule has 1 aromatic carbocycles. The highest BCUT2D eigenvalue weighted by Gasteiger charge is 2.34. The Hall–Kier alpha value is -1.42. The number of benzene rings is 1. The summed E-state index contributed by atoms with van der Waals surface area (Å²) in [5.41, 5.74) is 1.29. The fraction of sp³-hybridized carbons (Fsp3) is 0.412. The lowest BCUT2D eigenvalue weighted by atomic mass is 10.00. The van der Waals surface area contributed by atoms with Crippen LogP contribution in [-0.2, 0) is 19.4 Å². The van der Waals surface area contributed by atoms with E-state index in [1.807, 2.05) is 6.92 Å². The molecule has 26 heavy (non-hydrogen) atoms. The molecule has 0 saturated heterocycles. The molecule has 0 spiro atoms. The van der Waals surface area contributed by atoms with Gasteiger partial charge in [0.15, 0.2) is 0 Å². The first-order chi connectivity index (χ1) is 12.3. The summed E-state index contributed by atoms with van der Waals surface area (Å²) in [6.45, 7) is 2.92. The quantitative estimate of drug-likeness (QED) is 0.496.